The van der Waals surface area contributed by atoms with E-state index in [0.717, 1.165) is 18.5 Å². The molecule has 0 amide bonds. The minimum absolute atomic E-state index is 0.268. The Labute approximate surface area is 81.8 Å². The third-order valence-electron chi connectivity index (χ3n) is 3.02. The molecule has 0 aromatic rings. The molecular weight excluding hydrogens is 160 g/mol. The van der Waals surface area contributed by atoms with Crippen LogP contribution in [0.15, 0.2) is 11.8 Å². The molecule has 2 N–H and O–H groups in total. The first-order chi connectivity index (χ1) is 5.91. The summed E-state index contributed by atoms with van der Waals surface area (Å²) >= 11 is 0. The van der Waals surface area contributed by atoms with Gasteiger partial charge in [0.1, 0.15) is 0 Å². The van der Waals surface area contributed by atoms with Gasteiger partial charge < -0.3 is 5.73 Å². The summed E-state index contributed by atoms with van der Waals surface area (Å²) in [7, 11) is 2.21. The second kappa shape index (κ2) is 3.70. The second-order valence-corrected chi connectivity index (χ2v) is 4.99. The van der Waals surface area contributed by atoms with Crippen molar-refractivity contribution in [2.45, 2.75) is 51.6 Å². The molecular formula is C11H22N2. The molecule has 0 saturated carbocycles. The molecule has 0 bridgehead atoms. The van der Waals surface area contributed by atoms with Gasteiger partial charge in [-0.25, -0.2) is 0 Å². The van der Waals surface area contributed by atoms with Crippen LogP contribution in [-0.2, 0) is 0 Å². The Kier molecular flexibility index (Phi) is 3.01. The third kappa shape index (κ3) is 2.73. The molecule has 1 aliphatic rings. The zero-order valence-corrected chi connectivity index (χ0v) is 9.30. The van der Waals surface area contributed by atoms with Crippen LogP contribution < -0.4 is 5.73 Å². The Balaban J connectivity index is 2.55. The Bertz CT molecular complexity index is 201. The fourth-order valence-corrected chi connectivity index (χ4v) is 1.74. The molecule has 0 fully saturated rings. The summed E-state index contributed by atoms with van der Waals surface area (Å²) in [6, 6.07) is 0.673. The summed E-state index contributed by atoms with van der Waals surface area (Å²) in [4.78, 5) is 2.45. The summed E-state index contributed by atoms with van der Waals surface area (Å²) in [5.74, 6) is 0. The van der Waals surface area contributed by atoms with Crippen molar-refractivity contribution in [3.05, 3.63) is 11.8 Å². The van der Waals surface area contributed by atoms with E-state index < -0.39 is 0 Å². The van der Waals surface area contributed by atoms with E-state index in [9.17, 15) is 0 Å². The summed E-state index contributed by atoms with van der Waals surface area (Å²) in [5.41, 5.74) is 7.09. The summed E-state index contributed by atoms with van der Waals surface area (Å²) in [6.45, 7) is 6.78. The third-order valence-corrected chi connectivity index (χ3v) is 3.02. The monoisotopic (exact) mass is 182 g/mol. The van der Waals surface area contributed by atoms with Crippen molar-refractivity contribution in [1.29, 1.82) is 0 Å². The van der Waals surface area contributed by atoms with Crippen LogP contribution in [0.5, 0.6) is 0 Å². The molecule has 0 aliphatic heterocycles. The molecule has 76 valence electrons. The van der Waals surface area contributed by atoms with Gasteiger partial charge in [0.05, 0.1) is 0 Å². The Hall–Kier alpha value is -0.500. The second-order valence-electron chi connectivity index (χ2n) is 4.99. The quantitative estimate of drug-likeness (QED) is 0.673. The SMILES string of the molecule is CN(C1CC=C(N)CC1)C(C)(C)C. The number of hydrogen-bond donors (Lipinski definition) is 1. The zero-order chi connectivity index (χ0) is 10.1. The van der Waals surface area contributed by atoms with E-state index >= 15 is 0 Å². The smallest absolute Gasteiger partial charge is 0.0136 e. The van der Waals surface area contributed by atoms with Crippen molar-refractivity contribution in [1.82, 2.24) is 4.90 Å². The van der Waals surface area contributed by atoms with Crippen LogP contribution in [0.2, 0.25) is 0 Å². The standard InChI is InChI=1S/C11H22N2/c1-11(2,3)13(4)10-7-5-9(12)6-8-10/h5,10H,6-8,12H2,1-4H3. The molecule has 13 heavy (non-hydrogen) atoms. The molecule has 0 heterocycles. The highest BCUT2D eigenvalue weighted by molar-refractivity contribution is 5.04. The molecule has 1 atom stereocenters. The first-order valence-electron chi connectivity index (χ1n) is 5.08. The summed E-state index contributed by atoms with van der Waals surface area (Å²) in [5, 5.41) is 0. The van der Waals surface area contributed by atoms with Crippen molar-refractivity contribution < 1.29 is 0 Å². The van der Waals surface area contributed by atoms with Gasteiger partial charge in [0.15, 0.2) is 0 Å². The van der Waals surface area contributed by atoms with E-state index in [-0.39, 0.29) is 5.54 Å². The van der Waals surface area contributed by atoms with Gasteiger partial charge in [0, 0.05) is 17.3 Å². The molecule has 2 nitrogen and oxygen atoms in total. The lowest BCUT2D eigenvalue weighted by molar-refractivity contribution is 0.109. The maximum Gasteiger partial charge on any atom is 0.0136 e. The number of rotatable bonds is 1. The highest BCUT2D eigenvalue weighted by Gasteiger charge is 2.25. The average molecular weight is 182 g/mol. The Morgan fingerprint density at radius 2 is 2.08 bits per heavy atom. The van der Waals surface area contributed by atoms with E-state index in [1.165, 1.54) is 6.42 Å². The average Bonchev–Trinajstić information content (AvgIpc) is 2.03. The van der Waals surface area contributed by atoms with Crippen molar-refractivity contribution >= 4 is 0 Å². The minimum atomic E-state index is 0.268. The van der Waals surface area contributed by atoms with Crippen LogP contribution >= 0.6 is 0 Å². The maximum absolute atomic E-state index is 5.75. The molecule has 2 heteroatoms. The highest BCUT2D eigenvalue weighted by atomic mass is 15.2. The highest BCUT2D eigenvalue weighted by Crippen LogP contribution is 2.24. The molecule has 1 rings (SSSR count). The largest absolute Gasteiger partial charge is 0.402 e. The lowest BCUT2D eigenvalue weighted by Crippen LogP contribution is -2.45. The number of allylic oxidation sites excluding steroid dienone is 1. The lowest BCUT2D eigenvalue weighted by atomic mass is 9.94. The fourth-order valence-electron chi connectivity index (χ4n) is 1.74. The van der Waals surface area contributed by atoms with Crippen molar-refractivity contribution in [3.8, 4) is 0 Å². The summed E-state index contributed by atoms with van der Waals surface area (Å²) < 4.78 is 0. The number of nitrogens with two attached hydrogens (primary N) is 1. The van der Waals surface area contributed by atoms with E-state index in [1.54, 1.807) is 0 Å². The van der Waals surface area contributed by atoms with Crippen LogP contribution in [0.4, 0.5) is 0 Å². The van der Waals surface area contributed by atoms with Crippen molar-refractivity contribution in [2.24, 2.45) is 5.73 Å². The Morgan fingerprint density at radius 3 is 2.46 bits per heavy atom. The molecule has 0 spiro atoms. The first-order valence-corrected chi connectivity index (χ1v) is 5.08. The van der Waals surface area contributed by atoms with Crippen LogP contribution in [-0.4, -0.2) is 23.5 Å². The van der Waals surface area contributed by atoms with Gasteiger partial charge in [-0.05, 0) is 47.1 Å². The summed E-state index contributed by atoms with van der Waals surface area (Å²) in [6.07, 6.45) is 5.55. The van der Waals surface area contributed by atoms with E-state index in [0.29, 0.717) is 6.04 Å². The van der Waals surface area contributed by atoms with E-state index in [2.05, 4.69) is 38.8 Å². The van der Waals surface area contributed by atoms with Crippen molar-refractivity contribution in [3.63, 3.8) is 0 Å². The molecule has 0 radical (unpaired) electrons. The van der Waals surface area contributed by atoms with Gasteiger partial charge in [-0.3, -0.25) is 4.90 Å². The first kappa shape index (κ1) is 10.6. The predicted octanol–water partition coefficient (Wildman–Crippen LogP) is 2.11. The van der Waals surface area contributed by atoms with Gasteiger partial charge in [-0.1, -0.05) is 6.08 Å². The van der Waals surface area contributed by atoms with E-state index in [1.807, 2.05) is 0 Å². The molecule has 0 saturated heterocycles. The molecule has 0 aromatic heterocycles. The lowest BCUT2D eigenvalue weighted by Gasteiger charge is -2.39. The van der Waals surface area contributed by atoms with Gasteiger partial charge in [0.25, 0.3) is 0 Å². The topological polar surface area (TPSA) is 29.3 Å². The zero-order valence-electron chi connectivity index (χ0n) is 9.30. The van der Waals surface area contributed by atoms with Crippen LogP contribution in [0.1, 0.15) is 40.0 Å². The molecule has 0 aromatic carbocycles. The van der Waals surface area contributed by atoms with Crippen LogP contribution in [0.25, 0.3) is 0 Å². The van der Waals surface area contributed by atoms with Gasteiger partial charge in [-0.15, -0.1) is 0 Å². The van der Waals surface area contributed by atoms with E-state index in [4.69, 9.17) is 5.73 Å². The normalized spacial score (nSPS) is 24.7. The number of nitrogens with zero attached hydrogens (tertiary/aromatic N) is 1. The maximum atomic E-state index is 5.75. The number of hydrogen-bond acceptors (Lipinski definition) is 2. The van der Waals surface area contributed by atoms with Gasteiger partial charge >= 0.3 is 0 Å². The molecule has 1 unspecified atom stereocenters. The van der Waals surface area contributed by atoms with Crippen LogP contribution in [0, 0.1) is 0 Å². The van der Waals surface area contributed by atoms with Gasteiger partial charge in [0.2, 0.25) is 0 Å². The van der Waals surface area contributed by atoms with Crippen molar-refractivity contribution in [2.75, 3.05) is 7.05 Å². The van der Waals surface area contributed by atoms with Crippen LogP contribution in [0.3, 0.4) is 0 Å². The Morgan fingerprint density at radius 1 is 1.46 bits per heavy atom. The predicted molar refractivity (Wildman–Crippen MR) is 57.4 cm³/mol. The molecule has 1 aliphatic carbocycles. The van der Waals surface area contributed by atoms with Gasteiger partial charge in [-0.2, -0.15) is 0 Å². The minimum Gasteiger partial charge on any atom is -0.402 e. The fraction of sp³-hybridized carbons (Fsp3) is 0.818.